The summed E-state index contributed by atoms with van der Waals surface area (Å²) in [6, 6.07) is 6.09. The molecule has 1 N–H and O–H groups in total. The van der Waals surface area contributed by atoms with Crippen molar-refractivity contribution in [3.63, 3.8) is 0 Å². The molecule has 0 aliphatic carbocycles. The molecule has 1 aromatic rings. The molecule has 138 valence electrons. The summed E-state index contributed by atoms with van der Waals surface area (Å²) in [7, 11) is 0. The normalized spacial score (nSPS) is 26.7. The molecule has 2 saturated heterocycles. The molecule has 25 heavy (non-hydrogen) atoms. The Morgan fingerprint density at radius 2 is 2.16 bits per heavy atom. The minimum atomic E-state index is -0.362. The summed E-state index contributed by atoms with van der Waals surface area (Å²) in [6.45, 7) is 6.45. The summed E-state index contributed by atoms with van der Waals surface area (Å²) in [4.78, 5) is 14.6. The van der Waals surface area contributed by atoms with Crippen LogP contribution in [0.2, 0.25) is 0 Å². The number of ether oxygens (including phenoxy) is 2. The predicted molar refractivity (Wildman–Crippen MR) is 95.7 cm³/mol. The van der Waals surface area contributed by atoms with Gasteiger partial charge in [0, 0.05) is 25.1 Å². The molecule has 0 saturated carbocycles. The quantitative estimate of drug-likeness (QED) is 0.889. The van der Waals surface area contributed by atoms with Crippen LogP contribution in [-0.4, -0.2) is 54.4 Å². The SMILES string of the molecule is Cc1ccc(OCCC(=O)N2CCC[C@@H]2[C@H]2COCC[C@@H]2O)cc1C. The zero-order valence-corrected chi connectivity index (χ0v) is 15.2. The van der Waals surface area contributed by atoms with Crippen LogP contribution in [0, 0.1) is 19.8 Å². The fraction of sp³-hybridized carbons (Fsp3) is 0.650. The molecule has 3 rings (SSSR count). The van der Waals surface area contributed by atoms with Crippen LogP contribution < -0.4 is 4.74 Å². The highest BCUT2D eigenvalue weighted by atomic mass is 16.5. The van der Waals surface area contributed by atoms with Gasteiger partial charge in [0.25, 0.3) is 0 Å². The first-order chi connectivity index (χ1) is 12.1. The number of likely N-dealkylation sites (tertiary alicyclic amines) is 1. The van der Waals surface area contributed by atoms with Gasteiger partial charge in [-0.25, -0.2) is 0 Å². The summed E-state index contributed by atoms with van der Waals surface area (Å²) >= 11 is 0. The number of carbonyl (C=O) groups excluding carboxylic acids is 1. The Morgan fingerprint density at radius 1 is 1.32 bits per heavy atom. The molecule has 1 aromatic carbocycles. The monoisotopic (exact) mass is 347 g/mol. The third-order valence-corrected chi connectivity index (χ3v) is 5.54. The van der Waals surface area contributed by atoms with Gasteiger partial charge in [0.15, 0.2) is 0 Å². The van der Waals surface area contributed by atoms with Crippen molar-refractivity contribution >= 4 is 5.91 Å². The van der Waals surface area contributed by atoms with Gasteiger partial charge in [0.05, 0.1) is 25.7 Å². The van der Waals surface area contributed by atoms with Crippen molar-refractivity contribution in [3.8, 4) is 5.75 Å². The van der Waals surface area contributed by atoms with E-state index in [1.165, 1.54) is 11.1 Å². The number of aliphatic hydroxyl groups is 1. The van der Waals surface area contributed by atoms with Crippen LogP contribution in [0.1, 0.15) is 36.8 Å². The lowest BCUT2D eigenvalue weighted by Gasteiger charge is -2.37. The molecule has 3 atom stereocenters. The van der Waals surface area contributed by atoms with E-state index in [-0.39, 0.29) is 24.0 Å². The van der Waals surface area contributed by atoms with Crippen LogP contribution in [0.15, 0.2) is 18.2 Å². The number of amides is 1. The summed E-state index contributed by atoms with van der Waals surface area (Å²) < 4.78 is 11.3. The van der Waals surface area contributed by atoms with Crippen molar-refractivity contribution in [1.82, 2.24) is 4.90 Å². The van der Waals surface area contributed by atoms with E-state index in [0.717, 1.165) is 25.1 Å². The molecule has 2 aliphatic rings. The van der Waals surface area contributed by atoms with Crippen LogP contribution in [-0.2, 0) is 9.53 Å². The van der Waals surface area contributed by atoms with Crippen LogP contribution >= 0.6 is 0 Å². The summed E-state index contributed by atoms with van der Waals surface area (Å²) in [5.74, 6) is 0.968. The number of carbonyl (C=O) groups is 1. The molecule has 0 bridgehead atoms. The van der Waals surface area contributed by atoms with Crippen molar-refractivity contribution in [2.24, 2.45) is 5.92 Å². The third kappa shape index (κ3) is 4.33. The number of benzene rings is 1. The molecule has 2 fully saturated rings. The summed E-state index contributed by atoms with van der Waals surface area (Å²) in [5.41, 5.74) is 2.42. The number of aryl methyl sites for hydroxylation is 2. The fourth-order valence-electron chi connectivity index (χ4n) is 3.87. The fourth-order valence-corrected chi connectivity index (χ4v) is 3.87. The Bertz CT molecular complexity index is 603. The highest BCUT2D eigenvalue weighted by Crippen LogP contribution is 2.30. The van der Waals surface area contributed by atoms with E-state index in [1.54, 1.807) is 0 Å². The molecular weight excluding hydrogens is 318 g/mol. The lowest BCUT2D eigenvalue weighted by atomic mass is 9.89. The van der Waals surface area contributed by atoms with E-state index in [2.05, 4.69) is 13.8 Å². The van der Waals surface area contributed by atoms with Crippen LogP contribution in [0.25, 0.3) is 0 Å². The van der Waals surface area contributed by atoms with Gasteiger partial charge in [0.2, 0.25) is 5.91 Å². The molecule has 1 amide bonds. The van der Waals surface area contributed by atoms with E-state index in [9.17, 15) is 9.90 Å². The average Bonchev–Trinajstić information content (AvgIpc) is 3.08. The first-order valence-electron chi connectivity index (χ1n) is 9.31. The number of hydrogen-bond donors (Lipinski definition) is 1. The van der Waals surface area contributed by atoms with Crippen LogP contribution in [0.4, 0.5) is 0 Å². The van der Waals surface area contributed by atoms with Gasteiger partial charge in [-0.15, -0.1) is 0 Å². The van der Waals surface area contributed by atoms with Gasteiger partial charge in [-0.1, -0.05) is 6.07 Å². The first kappa shape index (κ1) is 18.2. The highest BCUT2D eigenvalue weighted by Gasteiger charge is 2.39. The standard InChI is InChI=1S/C20H29NO4/c1-14-5-6-16(12-15(14)2)25-11-8-20(23)21-9-3-4-18(21)17-13-24-10-7-19(17)22/h5-6,12,17-19,22H,3-4,7-11,13H2,1-2H3/t17-,18-,19+/m1/s1. The zero-order valence-electron chi connectivity index (χ0n) is 15.2. The van der Waals surface area contributed by atoms with Gasteiger partial charge in [-0.3, -0.25) is 4.79 Å². The van der Waals surface area contributed by atoms with Gasteiger partial charge < -0.3 is 19.5 Å². The number of rotatable bonds is 5. The van der Waals surface area contributed by atoms with Crippen molar-refractivity contribution in [2.45, 2.75) is 51.7 Å². The molecule has 5 nitrogen and oxygen atoms in total. The molecule has 0 unspecified atom stereocenters. The van der Waals surface area contributed by atoms with E-state index < -0.39 is 0 Å². The maximum atomic E-state index is 12.6. The molecule has 5 heteroatoms. The number of aliphatic hydroxyl groups excluding tert-OH is 1. The van der Waals surface area contributed by atoms with E-state index in [1.807, 2.05) is 23.1 Å². The Hall–Kier alpha value is -1.59. The summed E-state index contributed by atoms with van der Waals surface area (Å²) in [5, 5.41) is 10.3. The van der Waals surface area contributed by atoms with Gasteiger partial charge in [-0.2, -0.15) is 0 Å². The molecular formula is C20H29NO4. The van der Waals surface area contributed by atoms with E-state index >= 15 is 0 Å². The maximum absolute atomic E-state index is 12.6. The highest BCUT2D eigenvalue weighted by molar-refractivity contribution is 5.77. The zero-order chi connectivity index (χ0) is 17.8. The second-order valence-corrected chi connectivity index (χ2v) is 7.24. The smallest absolute Gasteiger partial charge is 0.226 e. The lowest BCUT2D eigenvalue weighted by Crippen LogP contribution is -2.48. The largest absolute Gasteiger partial charge is 0.493 e. The second-order valence-electron chi connectivity index (χ2n) is 7.24. The molecule has 2 heterocycles. The maximum Gasteiger partial charge on any atom is 0.226 e. The van der Waals surface area contributed by atoms with E-state index in [4.69, 9.17) is 9.47 Å². The lowest BCUT2D eigenvalue weighted by molar-refractivity contribution is -0.136. The topological polar surface area (TPSA) is 59.0 Å². The molecule has 2 aliphatic heterocycles. The van der Waals surface area contributed by atoms with Gasteiger partial charge in [0.1, 0.15) is 5.75 Å². The average molecular weight is 347 g/mol. The number of nitrogens with zero attached hydrogens (tertiary/aromatic N) is 1. The summed E-state index contributed by atoms with van der Waals surface area (Å²) in [6.07, 6.45) is 2.62. The molecule has 0 radical (unpaired) electrons. The minimum Gasteiger partial charge on any atom is -0.493 e. The Labute approximate surface area is 149 Å². The predicted octanol–water partition coefficient (Wildman–Crippen LogP) is 2.46. The minimum absolute atomic E-state index is 0.0425. The Morgan fingerprint density at radius 3 is 2.92 bits per heavy atom. The van der Waals surface area contributed by atoms with E-state index in [0.29, 0.717) is 32.7 Å². The van der Waals surface area contributed by atoms with Crippen LogP contribution in [0.3, 0.4) is 0 Å². The Balaban J connectivity index is 1.52. The van der Waals surface area contributed by atoms with Crippen molar-refractivity contribution in [1.29, 1.82) is 0 Å². The first-order valence-corrected chi connectivity index (χ1v) is 9.31. The second kappa shape index (κ2) is 8.19. The van der Waals surface area contributed by atoms with Crippen molar-refractivity contribution in [2.75, 3.05) is 26.4 Å². The molecule has 0 aromatic heterocycles. The number of hydrogen-bond acceptors (Lipinski definition) is 4. The third-order valence-electron chi connectivity index (χ3n) is 5.54. The van der Waals surface area contributed by atoms with Gasteiger partial charge in [-0.05, 0) is 56.4 Å². The van der Waals surface area contributed by atoms with Crippen LogP contribution in [0.5, 0.6) is 5.75 Å². The Kier molecular flexibility index (Phi) is 5.97. The molecule has 0 spiro atoms. The van der Waals surface area contributed by atoms with Gasteiger partial charge >= 0.3 is 0 Å². The van der Waals surface area contributed by atoms with Crippen molar-refractivity contribution < 1.29 is 19.4 Å². The van der Waals surface area contributed by atoms with Crippen molar-refractivity contribution in [3.05, 3.63) is 29.3 Å².